The minimum Gasteiger partial charge on any atom is -0.370 e. The van der Waals surface area contributed by atoms with Gasteiger partial charge in [0.2, 0.25) is 0 Å². The first-order valence-corrected chi connectivity index (χ1v) is 10.4. The number of rotatable bonds is 11. The van der Waals surface area contributed by atoms with E-state index in [2.05, 4.69) is 86.9 Å². The van der Waals surface area contributed by atoms with Gasteiger partial charge in [-0.2, -0.15) is 0 Å². The summed E-state index contributed by atoms with van der Waals surface area (Å²) < 4.78 is 2.07. The zero-order valence-electron chi connectivity index (χ0n) is 18.3. The van der Waals surface area contributed by atoms with Gasteiger partial charge in [0.1, 0.15) is 12.2 Å². The second-order valence-electron chi connectivity index (χ2n) is 7.19. The molecule has 0 radical (unpaired) electrons. The van der Waals surface area contributed by atoms with Gasteiger partial charge in [0.15, 0.2) is 5.96 Å². The smallest absolute Gasteiger partial charge is 0.191 e. The molecule has 158 valence electrons. The van der Waals surface area contributed by atoms with Crippen molar-refractivity contribution >= 4 is 11.6 Å². The zero-order valence-corrected chi connectivity index (χ0v) is 18.3. The monoisotopic (exact) mass is 397 g/mol. The van der Waals surface area contributed by atoms with Crippen LogP contribution in [0.4, 0.5) is 5.69 Å². The Hall–Kier alpha value is -2.83. The summed E-state index contributed by atoms with van der Waals surface area (Å²) in [6, 6.07) is 8.62. The molecule has 0 saturated carbocycles. The number of hydrogen-bond donors (Lipinski definition) is 2. The summed E-state index contributed by atoms with van der Waals surface area (Å²) in [5.41, 5.74) is 3.57. The number of likely N-dealkylation sites (N-methyl/N-ethyl adjacent to an activating group) is 1. The first-order chi connectivity index (χ1) is 14.0. The van der Waals surface area contributed by atoms with E-state index in [0.717, 1.165) is 56.5 Å². The second-order valence-corrected chi connectivity index (χ2v) is 7.19. The first kappa shape index (κ1) is 22.5. The van der Waals surface area contributed by atoms with E-state index in [-0.39, 0.29) is 0 Å². The molecule has 7 nitrogen and oxygen atoms in total. The Labute approximate surface area is 174 Å². The van der Waals surface area contributed by atoms with Crippen LogP contribution in [-0.2, 0) is 13.0 Å². The van der Waals surface area contributed by atoms with Gasteiger partial charge in [0.25, 0.3) is 0 Å². The summed E-state index contributed by atoms with van der Waals surface area (Å²) in [5.74, 6) is 1.80. The van der Waals surface area contributed by atoms with Gasteiger partial charge in [0, 0.05) is 44.8 Å². The van der Waals surface area contributed by atoms with E-state index in [1.807, 2.05) is 6.92 Å². The topological polar surface area (TPSA) is 70.4 Å². The maximum absolute atomic E-state index is 4.63. The van der Waals surface area contributed by atoms with Crippen LogP contribution in [0.5, 0.6) is 0 Å². The Kier molecular flexibility index (Phi) is 9.21. The van der Waals surface area contributed by atoms with Crippen molar-refractivity contribution in [3.05, 3.63) is 54.1 Å². The molecule has 7 heteroatoms. The highest BCUT2D eigenvalue weighted by Crippen LogP contribution is 2.14. The third kappa shape index (κ3) is 7.60. The van der Waals surface area contributed by atoms with E-state index in [1.54, 1.807) is 6.33 Å². The minimum atomic E-state index is 0.609. The van der Waals surface area contributed by atoms with Crippen molar-refractivity contribution in [3.8, 4) is 0 Å². The van der Waals surface area contributed by atoms with E-state index in [1.165, 1.54) is 11.3 Å². The lowest BCUT2D eigenvalue weighted by Crippen LogP contribution is -2.43. The molecule has 0 aliphatic carbocycles. The molecule has 0 amide bonds. The fraction of sp³-hybridized carbons (Fsp3) is 0.500. The van der Waals surface area contributed by atoms with E-state index in [9.17, 15) is 0 Å². The fourth-order valence-corrected chi connectivity index (χ4v) is 3.03. The molecule has 1 aromatic carbocycles. The number of benzene rings is 1. The van der Waals surface area contributed by atoms with Crippen molar-refractivity contribution in [3.63, 3.8) is 0 Å². The van der Waals surface area contributed by atoms with Gasteiger partial charge in [-0.05, 0) is 38.5 Å². The van der Waals surface area contributed by atoms with E-state index >= 15 is 0 Å². The normalized spacial score (nSPS) is 11.4. The van der Waals surface area contributed by atoms with E-state index in [0.29, 0.717) is 6.54 Å². The van der Waals surface area contributed by atoms with Gasteiger partial charge >= 0.3 is 0 Å². The van der Waals surface area contributed by atoms with Crippen LogP contribution in [0.15, 0.2) is 47.7 Å². The molecule has 0 atom stereocenters. The summed E-state index contributed by atoms with van der Waals surface area (Å²) in [4.78, 5) is 6.99. The maximum Gasteiger partial charge on any atom is 0.191 e. The Morgan fingerprint density at radius 2 is 2.03 bits per heavy atom. The van der Waals surface area contributed by atoms with Crippen LogP contribution < -0.4 is 15.5 Å². The highest BCUT2D eigenvalue weighted by Gasteiger charge is 2.06. The fourth-order valence-electron chi connectivity index (χ4n) is 3.03. The van der Waals surface area contributed by atoms with Crippen LogP contribution in [0.2, 0.25) is 0 Å². The second kappa shape index (κ2) is 11.9. The van der Waals surface area contributed by atoms with Crippen molar-refractivity contribution in [2.24, 2.45) is 4.99 Å². The van der Waals surface area contributed by atoms with Gasteiger partial charge in [-0.25, -0.2) is 4.99 Å². The molecule has 0 aliphatic rings. The predicted octanol–water partition coefficient (Wildman–Crippen LogP) is 2.79. The molecule has 2 aromatic rings. The highest BCUT2D eigenvalue weighted by molar-refractivity contribution is 5.79. The van der Waals surface area contributed by atoms with Crippen molar-refractivity contribution in [1.82, 2.24) is 25.4 Å². The highest BCUT2D eigenvalue weighted by atomic mass is 15.3. The zero-order chi connectivity index (χ0) is 21.1. The van der Waals surface area contributed by atoms with Crippen LogP contribution in [0.1, 0.15) is 32.2 Å². The van der Waals surface area contributed by atoms with Crippen molar-refractivity contribution in [1.29, 1.82) is 0 Å². The largest absolute Gasteiger partial charge is 0.370 e. The summed E-state index contributed by atoms with van der Waals surface area (Å²) in [6.45, 7) is 17.2. The molecule has 0 spiro atoms. The van der Waals surface area contributed by atoms with Gasteiger partial charge in [0.05, 0.1) is 6.54 Å². The number of hydrogen-bond acceptors (Lipinski definition) is 4. The molecular weight excluding hydrogens is 362 g/mol. The third-order valence-electron chi connectivity index (χ3n) is 4.59. The summed E-state index contributed by atoms with van der Waals surface area (Å²) in [5, 5.41) is 15.0. The maximum atomic E-state index is 4.63. The van der Waals surface area contributed by atoms with Gasteiger partial charge < -0.3 is 20.1 Å². The Morgan fingerprint density at radius 1 is 1.24 bits per heavy atom. The molecule has 0 aliphatic heterocycles. The minimum absolute atomic E-state index is 0.609. The molecule has 29 heavy (non-hydrogen) atoms. The lowest BCUT2D eigenvalue weighted by atomic mass is 10.2. The van der Waals surface area contributed by atoms with Crippen LogP contribution in [0.3, 0.4) is 0 Å². The molecular formula is C22H35N7. The third-order valence-corrected chi connectivity index (χ3v) is 4.59. The van der Waals surface area contributed by atoms with Crippen LogP contribution in [0, 0.1) is 6.92 Å². The van der Waals surface area contributed by atoms with Crippen LogP contribution in [-0.4, -0.2) is 53.4 Å². The van der Waals surface area contributed by atoms with Crippen LogP contribution >= 0.6 is 0 Å². The quantitative estimate of drug-likeness (QED) is 0.347. The Balaban J connectivity index is 1.88. The predicted molar refractivity (Wildman–Crippen MR) is 122 cm³/mol. The molecule has 0 fully saturated rings. The number of nitrogens with one attached hydrogen (secondary N) is 2. The molecule has 0 saturated heterocycles. The number of aromatic nitrogens is 3. The van der Waals surface area contributed by atoms with E-state index < -0.39 is 0 Å². The molecule has 2 rings (SSSR count). The first-order valence-electron chi connectivity index (χ1n) is 10.4. The van der Waals surface area contributed by atoms with E-state index in [4.69, 9.17) is 0 Å². The average molecular weight is 398 g/mol. The van der Waals surface area contributed by atoms with Crippen molar-refractivity contribution in [2.45, 2.75) is 40.7 Å². The lowest BCUT2D eigenvalue weighted by Gasteiger charge is -2.24. The number of nitrogens with zero attached hydrogens (tertiary/aromatic N) is 5. The number of anilines is 1. The molecule has 1 aromatic heterocycles. The Bertz CT molecular complexity index is 794. The Morgan fingerprint density at radius 3 is 2.72 bits per heavy atom. The number of guanidine groups is 1. The SMILES string of the molecule is C=C(C)CN=C(NCCN(CC)c1cccc(C)c1)NCCn1cnnc1CC. The van der Waals surface area contributed by atoms with Crippen molar-refractivity contribution in [2.75, 3.05) is 37.6 Å². The summed E-state index contributed by atoms with van der Waals surface area (Å²) in [6.07, 6.45) is 2.65. The van der Waals surface area contributed by atoms with Gasteiger partial charge in [-0.3, -0.25) is 0 Å². The standard InChI is InChI=1S/C22H35N7/c1-6-21-27-26-17-29(21)14-12-24-22(25-16-18(3)4)23-11-13-28(7-2)20-10-8-9-19(5)15-20/h8-10,15,17H,3,6-7,11-14,16H2,1-2,4-5H3,(H2,23,24,25). The molecule has 0 unspecified atom stereocenters. The number of aryl methyl sites for hydroxylation is 2. The average Bonchev–Trinajstić information content (AvgIpc) is 3.16. The molecule has 2 N–H and O–H groups in total. The lowest BCUT2D eigenvalue weighted by molar-refractivity contribution is 0.631. The number of aliphatic imine (C=N–C) groups is 1. The van der Waals surface area contributed by atoms with Crippen LogP contribution in [0.25, 0.3) is 0 Å². The summed E-state index contributed by atoms with van der Waals surface area (Å²) >= 11 is 0. The van der Waals surface area contributed by atoms with Gasteiger partial charge in [-0.15, -0.1) is 10.2 Å². The van der Waals surface area contributed by atoms with Crippen molar-refractivity contribution < 1.29 is 0 Å². The molecule has 1 heterocycles. The molecule has 0 bridgehead atoms. The summed E-state index contributed by atoms with van der Waals surface area (Å²) in [7, 11) is 0. The van der Waals surface area contributed by atoms with Gasteiger partial charge in [-0.1, -0.05) is 31.2 Å².